The molecule has 2 amide bonds. The summed E-state index contributed by atoms with van der Waals surface area (Å²) in [5.74, 6) is 0.982. The van der Waals surface area contributed by atoms with Gasteiger partial charge in [-0.05, 0) is 55.5 Å². The van der Waals surface area contributed by atoms with Gasteiger partial charge < -0.3 is 25.1 Å². The Bertz CT molecular complexity index is 1100. The maximum Gasteiger partial charge on any atom is 0.246 e. The van der Waals surface area contributed by atoms with Gasteiger partial charge in [-0.2, -0.15) is 0 Å². The van der Waals surface area contributed by atoms with E-state index in [1.165, 1.54) is 7.11 Å². The normalized spacial score (nSPS) is 20.0. The summed E-state index contributed by atoms with van der Waals surface area (Å²) < 4.78 is 10.8. The van der Waals surface area contributed by atoms with Crippen molar-refractivity contribution in [3.05, 3.63) is 59.9 Å². The van der Waals surface area contributed by atoms with Crippen LogP contribution in [0.5, 0.6) is 5.75 Å². The second-order valence-electron chi connectivity index (χ2n) is 8.60. The van der Waals surface area contributed by atoms with Crippen molar-refractivity contribution in [2.24, 2.45) is 11.8 Å². The number of imidazole rings is 1. The number of amides is 2. The van der Waals surface area contributed by atoms with Crippen molar-refractivity contribution < 1.29 is 19.1 Å². The molecule has 1 aliphatic rings. The molecule has 1 heterocycles. The molecular formula is C25H30N4O4. The molecule has 0 unspecified atom stereocenters. The van der Waals surface area contributed by atoms with Crippen LogP contribution in [0.25, 0.3) is 11.0 Å². The average molecular weight is 451 g/mol. The zero-order valence-electron chi connectivity index (χ0n) is 19.0. The quantitative estimate of drug-likeness (QED) is 0.465. The first-order valence-electron chi connectivity index (χ1n) is 11.2. The van der Waals surface area contributed by atoms with Crippen LogP contribution in [0, 0.1) is 18.8 Å². The Morgan fingerprint density at radius 1 is 1.15 bits per heavy atom. The third kappa shape index (κ3) is 5.90. The fraction of sp³-hybridized carbons (Fsp3) is 0.400. The smallest absolute Gasteiger partial charge is 0.246 e. The van der Waals surface area contributed by atoms with Crippen LogP contribution in [0.4, 0.5) is 0 Å². The molecule has 0 bridgehead atoms. The molecule has 0 spiro atoms. The molecule has 1 aliphatic carbocycles. The van der Waals surface area contributed by atoms with E-state index in [-0.39, 0.29) is 36.3 Å². The minimum atomic E-state index is -0.346. The number of para-hydroxylation sites is 1. The minimum Gasteiger partial charge on any atom is -0.493 e. The third-order valence-electron chi connectivity index (χ3n) is 5.96. The summed E-state index contributed by atoms with van der Waals surface area (Å²) in [6.45, 7) is 2.78. The predicted octanol–water partition coefficient (Wildman–Crippen LogP) is 2.72. The number of nitrogens with zero attached hydrogens (tertiary/aromatic N) is 1. The van der Waals surface area contributed by atoms with Crippen LogP contribution < -0.4 is 15.4 Å². The van der Waals surface area contributed by atoms with E-state index in [0.717, 1.165) is 22.3 Å². The van der Waals surface area contributed by atoms with E-state index in [4.69, 9.17) is 9.47 Å². The molecule has 2 aromatic carbocycles. The molecule has 4 rings (SSSR count). The van der Waals surface area contributed by atoms with Crippen LogP contribution in [0.15, 0.2) is 48.5 Å². The fourth-order valence-corrected chi connectivity index (χ4v) is 4.40. The molecule has 0 aliphatic heterocycles. The molecule has 174 valence electrons. The number of aromatic nitrogens is 2. The lowest BCUT2D eigenvalue weighted by Crippen LogP contribution is -2.44. The van der Waals surface area contributed by atoms with Crippen molar-refractivity contribution in [3.63, 3.8) is 0 Å². The standard InChI is InChI=1S/C25H30N4O4/c1-16-8-9-20-22(10-16)28-23(27-20)13-26-25(31)19-11-17(12-21(19)29-24(30)15-32-2)14-33-18-6-4-3-5-7-18/h3-10,17,19,21H,11-15H2,1-2H3,(H,26,31)(H,27,28)(H,29,30)/t17-,19-,21-/m1/s1. The van der Waals surface area contributed by atoms with Crippen LogP contribution in [-0.4, -0.2) is 48.1 Å². The van der Waals surface area contributed by atoms with Crippen molar-refractivity contribution in [1.29, 1.82) is 0 Å². The molecule has 8 nitrogen and oxygen atoms in total. The van der Waals surface area contributed by atoms with E-state index in [0.29, 0.717) is 31.8 Å². The first-order valence-corrected chi connectivity index (χ1v) is 11.2. The number of hydrogen-bond acceptors (Lipinski definition) is 5. The van der Waals surface area contributed by atoms with E-state index in [9.17, 15) is 9.59 Å². The second kappa shape index (κ2) is 10.5. The number of H-pyrrole nitrogens is 1. The predicted molar refractivity (Wildman–Crippen MR) is 125 cm³/mol. The van der Waals surface area contributed by atoms with E-state index in [2.05, 4.69) is 20.6 Å². The molecule has 3 N–H and O–H groups in total. The van der Waals surface area contributed by atoms with Crippen molar-refractivity contribution in [2.75, 3.05) is 20.3 Å². The zero-order valence-corrected chi connectivity index (χ0v) is 19.0. The minimum absolute atomic E-state index is 0.0333. The Morgan fingerprint density at radius 3 is 2.76 bits per heavy atom. The largest absolute Gasteiger partial charge is 0.493 e. The zero-order chi connectivity index (χ0) is 23.2. The second-order valence-corrected chi connectivity index (χ2v) is 8.60. The number of benzene rings is 2. The van der Waals surface area contributed by atoms with Gasteiger partial charge in [-0.25, -0.2) is 4.98 Å². The van der Waals surface area contributed by atoms with Crippen LogP contribution >= 0.6 is 0 Å². The van der Waals surface area contributed by atoms with Crippen molar-refractivity contribution in [3.8, 4) is 5.75 Å². The molecular weight excluding hydrogens is 420 g/mol. The SMILES string of the molecule is COCC(=O)N[C@@H]1C[C@H](COc2ccccc2)C[C@H]1C(=O)NCc1nc2ccc(C)cc2[nH]1. The molecule has 0 saturated heterocycles. The number of fused-ring (bicyclic) bond motifs is 1. The van der Waals surface area contributed by atoms with Crippen LogP contribution in [0.1, 0.15) is 24.2 Å². The van der Waals surface area contributed by atoms with Gasteiger partial charge >= 0.3 is 0 Å². The highest BCUT2D eigenvalue weighted by atomic mass is 16.5. The number of carbonyl (C=O) groups is 2. The first-order chi connectivity index (χ1) is 16.0. The summed E-state index contributed by atoms with van der Waals surface area (Å²) in [4.78, 5) is 33.0. The highest BCUT2D eigenvalue weighted by Gasteiger charge is 2.39. The number of methoxy groups -OCH3 is 1. The van der Waals surface area contributed by atoms with E-state index >= 15 is 0 Å². The number of ether oxygens (including phenoxy) is 2. The first kappa shape index (κ1) is 22.8. The van der Waals surface area contributed by atoms with Crippen LogP contribution in [-0.2, 0) is 20.9 Å². The number of nitrogens with one attached hydrogen (secondary N) is 3. The number of carbonyl (C=O) groups excluding carboxylic acids is 2. The lowest BCUT2D eigenvalue weighted by molar-refractivity contribution is -0.128. The van der Waals surface area contributed by atoms with E-state index in [1.54, 1.807) is 0 Å². The molecule has 0 radical (unpaired) electrons. The summed E-state index contributed by atoms with van der Waals surface area (Å²) >= 11 is 0. The highest BCUT2D eigenvalue weighted by Crippen LogP contribution is 2.32. The average Bonchev–Trinajstić information content (AvgIpc) is 3.40. The summed E-state index contributed by atoms with van der Waals surface area (Å²) in [5, 5.41) is 5.95. The topological polar surface area (TPSA) is 105 Å². The lowest BCUT2D eigenvalue weighted by Gasteiger charge is -2.20. The van der Waals surface area contributed by atoms with Crippen LogP contribution in [0.3, 0.4) is 0 Å². The Morgan fingerprint density at radius 2 is 1.97 bits per heavy atom. The Labute approximate surface area is 193 Å². The van der Waals surface area contributed by atoms with Gasteiger partial charge in [0.05, 0.1) is 30.1 Å². The van der Waals surface area contributed by atoms with Gasteiger partial charge in [-0.1, -0.05) is 24.3 Å². The Balaban J connectivity index is 1.38. The van der Waals surface area contributed by atoms with Gasteiger partial charge in [-0.15, -0.1) is 0 Å². The van der Waals surface area contributed by atoms with Crippen molar-refractivity contribution >= 4 is 22.8 Å². The van der Waals surface area contributed by atoms with Gasteiger partial charge in [0.15, 0.2) is 0 Å². The van der Waals surface area contributed by atoms with E-state index in [1.807, 2.05) is 55.5 Å². The fourth-order valence-electron chi connectivity index (χ4n) is 4.40. The molecule has 1 saturated carbocycles. The summed E-state index contributed by atoms with van der Waals surface area (Å²) in [7, 11) is 1.48. The van der Waals surface area contributed by atoms with Gasteiger partial charge in [0.2, 0.25) is 11.8 Å². The summed E-state index contributed by atoms with van der Waals surface area (Å²) in [5.41, 5.74) is 2.96. The van der Waals surface area contributed by atoms with Gasteiger partial charge in [0, 0.05) is 13.2 Å². The number of aryl methyl sites for hydroxylation is 1. The molecule has 3 aromatic rings. The molecule has 1 fully saturated rings. The monoisotopic (exact) mass is 450 g/mol. The Hall–Kier alpha value is -3.39. The molecule has 33 heavy (non-hydrogen) atoms. The number of rotatable bonds is 9. The molecule has 3 atom stereocenters. The summed E-state index contributed by atoms with van der Waals surface area (Å²) in [6, 6.07) is 15.3. The van der Waals surface area contributed by atoms with Crippen molar-refractivity contribution in [1.82, 2.24) is 20.6 Å². The number of hydrogen-bond donors (Lipinski definition) is 3. The van der Waals surface area contributed by atoms with Gasteiger partial charge in [-0.3, -0.25) is 9.59 Å². The highest BCUT2D eigenvalue weighted by molar-refractivity contribution is 5.82. The summed E-state index contributed by atoms with van der Waals surface area (Å²) in [6.07, 6.45) is 1.31. The molecule has 1 aromatic heterocycles. The van der Waals surface area contributed by atoms with Crippen LogP contribution in [0.2, 0.25) is 0 Å². The number of aromatic amines is 1. The van der Waals surface area contributed by atoms with Crippen molar-refractivity contribution in [2.45, 2.75) is 32.4 Å². The van der Waals surface area contributed by atoms with E-state index < -0.39 is 0 Å². The molecule has 8 heteroatoms. The lowest BCUT2D eigenvalue weighted by atomic mass is 10.0. The van der Waals surface area contributed by atoms with Gasteiger partial charge in [0.25, 0.3) is 0 Å². The Kier molecular flexibility index (Phi) is 7.24. The third-order valence-corrected chi connectivity index (χ3v) is 5.96. The maximum atomic E-state index is 13.1. The van der Waals surface area contributed by atoms with Gasteiger partial charge in [0.1, 0.15) is 18.2 Å². The maximum absolute atomic E-state index is 13.1.